The Labute approximate surface area is 170 Å². The molecule has 3 aromatic rings. The summed E-state index contributed by atoms with van der Waals surface area (Å²) in [6.07, 6.45) is 3.53. The summed E-state index contributed by atoms with van der Waals surface area (Å²) < 4.78 is 7.68. The van der Waals surface area contributed by atoms with Gasteiger partial charge in [0.05, 0.1) is 0 Å². The van der Waals surface area contributed by atoms with Gasteiger partial charge in [-0.3, -0.25) is 4.79 Å². The second-order valence-electron chi connectivity index (χ2n) is 7.33. The molecule has 2 amide bonds. The number of ether oxygens (including phenoxy) is 1. The van der Waals surface area contributed by atoms with Crippen LogP contribution in [0.4, 0.5) is 4.79 Å². The summed E-state index contributed by atoms with van der Waals surface area (Å²) in [7, 11) is 1.64. The van der Waals surface area contributed by atoms with Gasteiger partial charge in [-0.1, -0.05) is 36.4 Å². The zero-order chi connectivity index (χ0) is 20.2. The Hall–Kier alpha value is -3.28. The van der Waals surface area contributed by atoms with Gasteiger partial charge in [0.2, 0.25) is 0 Å². The molecule has 0 spiro atoms. The summed E-state index contributed by atoms with van der Waals surface area (Å²) in [5.41, 5.74) is 2.69. The number of carbonyl (C=O) groups excluding carboxylic acids is 2. The monoisotopic (exact) mass is 391 g/mol. The van der Waals surface area contributed by atoms with E-state index in [9.17, 15) is 9.59 Å². The highest BCUT2D eigenvalue weighted by atomic mass is 16.6. The Kier molecular flexibility index (Phi) is 5.51. The van der Waals surface area contributed by atoms with E-state index in [0.717, 1.165) is 29.3 Å². The van der Waals surface area contributed by atoms with Crippen LogP contribution < -0.4 is 5.32 Å². The van der Waals surface area contributed by atoms with Crippen LogP contribution in [-0.4, -0.2) is 41.6 Å². The Bertz CT molecular complexity index is 1000. The molecule has 1 aliphatic heterocycles. The van der Waals surface area contributed by atoms with Crippen LogP contribution >= 0.6 is 0 Å². The van der Waals surface area contributed by atoms with Crippen molar-refractivity contribution in [2.45, 2.75) is 25.5 Å². The van der Waals surface area contributed by atoms with Crippen LogP contribution in [0.2, 0.25) is 0 Å². The number of nitrogens with one attached hydrogen (secondary N) is 1. The molecule has 1 aromatic heterocycles. The lowest BCUT2D eigenvalue weighted by Gasteiger charge is -2.32. The molecule has 0 bridgehead atoms. The minimum Gasteiger partial charge on any atom is -0.445 e. The normalized spacial score (nSPS) is 14.7. The predicted octanol–water partition coefficient (Wildman–Crippen LogP) is 3.97. The second-order valence-corrected chi connectivity index (χ2v) is 7.33. The molecule has 0 radical (unpaired) electrons. The SMILES string of the molecule is CNC(=O)c1ccc2ccn(C3CCN(C(=O)OCc4ccccc4)CC3)c2c1. The predicted molar refractivity (Wildman–Crippen MR) is 112 cm³/mol. The molecule has 150 valence electrons. The van der Waals surface area contributed by atoms with E-state index in [-0.39, 0.29) is 12.0 Å². The topological polar surface area (TPSA) is 63.6 Å². The third kappa shape index (κ3) is 4.11. The first kappa shape index (κ1) is 19.1. The van der Waals surface area contributed by atoms with Gasteiger partial charge in [-0.25, -0.2) is 4.79 Å². The number of hydrogen-bond donors (Lipinski definition) is 1. The molecular weight excluding hydrogens is 366 g/mol. The quantitative estimate of drug-likeness (QED) is 0.732. The zero-order valence-corrected chi connectivity index (χ0v) is 16.5. The van der Waals surface area contributed by atoms with Gasteiger partial charge in [-0.15, -0.1) is 0 Å². The minimum atomic E-state index is -0.258. The molecular formula is C23H25N3O3. The molecule has 2 heterocycles. The van der Waals surface area contributed by atoms with E-state index in [1.54, 1.807) is 11.9 Å². The van der Waals surface area contributed by atoms with Gasteiger partial charge in [0, 0.05) is 43.5 Å². The first-order valence-corrected chi connectivity index (χ1v) is 9.94. The van der Waals surface area contributed by atoms with Gasteiger partial charge in [0.25, 0.3) is 5.91 Å². The van der Waals surface area contributed by atoms with Gasteiger partial charge in [-0.05, 0) is 42.0 Å². The molecule has 1 saturated heterocycles. The molecule has 0 saturated carbocycles. The van der Waals surface area contributed by atoms with Crippen LogP contribution in [0.3, 0.4) is 0 Å². The average Bonchev–Trinajstić information content (AvgIpc) is 3.21. The highest BCUT2D eigenvalue weighted by Gasteiger charge is 2.25. The lowest BCUT2D eigenvalue weighted by molar-refractivity contribution is 0.0834. The van der Waals surface area contributed by atoms with E-state index in [1.165, 1.54) is 0 Å². The Balaban J connectivity index is 1.39. The molecule has 4 rings (SSSR count). The van der Waals surface area contributed by atoms with Crippen molar-refractivity contribution in [3.05, 3.63) is 71.9 Å². The largest absolute Gasteiger partial charge is 0.445 e. The van der Waals surface area contributed by atoms with Crippen molar-refractivity contribution in [2.24, 2.45) is 0 Å². The second kappa shape index (κ2) is 8.39. The Morgan fingerprint density at radius 2 is 1.83 bits per heavy atom. The molecule has 0 atom stereocenters. The summed E-state index contributed by atoms with van der Waals surface area (Å²) in [5, 5.41) is 3.79. The van der Waals surface area contributed by atoms with Crippen LogP contribution in [0, 0.1) is 0 Å². The van der Waals surface area contributed by atoms with E-state index in [1.807, 2.05) is 48.5 Å². The number of fused-ring (bicyclic) bond motifs is 1. The maximum atomic E-state index is 12.4. The number of carbonyl (C=O) groups is 2. The van der Waals surface area contributed by atoms with Crippen LogP contribution in [0.1, 0.15) is 34.8 Å². The molecule has 6 heteroatoms. The highest BCUT2D eigenvalue weighted by molar-refractivity contribution is 5.97. The maximum Gasteiger partial charge on any atom is 0.410 e. The smallest absolute Gasteiger partial charge is 0.410 e. The lowest BCUT2D eigenvalue weighted by Crippen LogP contribution is -2.39. The number of benzene rings is 2. The van der Waals surface area contributed by atoms with Crippen molar-refractivity contribution < 1.29 is 14.3 Å². The Morgan fingerprint density at radius 1 is 1.07 bits per heavy atom. The summed E-state index contributed by atoms with van der Waals surface area (Å²) in [5.74, 6) is -0.0874. The molecule has 0 unspecified atom stereocenters. The third-order valence-corrected chi connectivity index (χ3v) is 5.53. The fraction of sp³-hybridized carbons (Fsp3) is 0.304. The van der Waals surface area contributed by atoms with E-state index in [4.69, 9.17) is 4.74 Å². The van der Waals surface area contributed by atoms with Crippen molar-refractivity contribution in [3.8, 4) is 0 Å². The van der Waals surface area contributed by atoms with Crippen LogP contribution in [-0.2, 0) is 11.3 Å². The summed E-state index contributed by atoms with van der Waals surface area (Å²) in [6.45, 7) is 1.62. The fourth-order valence-electron chi connectivity index (χ4n) is 3.89. The third-order valence-electron chi connectivity index (χ3n) is 5.53. The van der Waals surface area contributed by atoms with Crippen molar-refractivity contribution in [3.63, 3.8) is 0 Å². The molecule has 2 aromatic carbocycles. The average molecular weight is 391 g/mol. The van der Waals surface area contributed by atoms with Gasteiger partial charge in [-0.2, -0.15) is 0 Å². The standard InChI is InChI=1S/C23H25N3O3/c1-24-22(27)19-8-7-18-9-14-26(21(18)15-19)20-10-12-25(13-11-20)23(28)29-16-17-5-3-2-4-6-17/h2-9,14-15,20H,10-13,16H2,1H3,(H,24,27). The first-order valence-electron chi connectivity index (χ1n) is 9.94. The summed E-state index contributed by atoms with van der Waals surface area (Å²) in [6, 6.07) is 17.8. The highest BCUT2D eigenvalue weighted by Crippen LogP contribution is 2.28. The molecule has 0 aliphatic carbocycles. The van der Waals surface area contributed by atoms with E-state index < -0.39 is 0 Å². The first-order chi connectivity index (χ1) is 14.2. The summed E-state index contributed by atoms with van der Waals surface area (Å²) in [4.78, 5) is 26.1. The molecule has 1 fully saturated rings. The molecule has 29 heavy (non-hydrogen) atoms. The number of amides is 2. The van der Waals surface area contributed by atoms with Crippen LogP contribution in [0.15, 0.2) is 60.8 Å². The molecule has 1 N–H and O–H groups in total. The number of nitrogens with zero attached hydrogens (tertiary/aromatic N) is 2. The molecule has 6 nitrogen and oxygen atoms in total. The van der Waals surface area contributed by atoms with Gasteiger partial charge in [0.1, 0.15) is 6.61 Å². The lowest BCUT2D eigenvalue weighted by atomic mass is 10.0. The number of likely N-dealkylation sites (tertiary alicyclic amines) is 1. The van der Waals surface area contributed by atoms with Crippen LogP contribution in [0.5, 0.6) is 0 Å². The van der Waals surface area contributed by atoms with Gasteiger partial charge in [0.15, 0.2) is 0 Å². The number of piperidine rings is 1. The minimum absolute atomic E-state index is 0.0874. The van der Waals surface area contributed by atoms with Crippen molar-refractivity contribution in [1.29, 1.82) is 0 Å². The Morgan fingerprint density at radius 3 is 2.55 bits per heavy atom. The van der Waals surface area contributed by atoms with E-state index in [2.05, 4.69) is 22.1 Å². The van der Waals surface area contributed by atoms with E-state index >= 15 is 0 Å². The van der Waals surface area contributed by atoms with Crippen molar-refractivity contribution >= 4 is 22.9 Å². The molecule has 1 aliphatic rings. The maximum absolute atomic E-state index is 12.4. The number of aromatic nitrogens is 1. The van der Waals surface area contributed by atoms with Crippen molar-refractivity contribution in [1.82, 2.24) is 14.8 Å². The number of hydrogen-bond acceptors (Lipinski definition) is 3. The number of rotatable bonds is 4. The van der Waals surface area contributed by atoms with Gasteiger partial charge < -0.3 is 19.5 Å². The van der Waals surface area contributed by atoms with Gasteiger partial charge >= 0.3 is 6.09 Å². The summed E-state index contributed by atoms with van der Waals surface area (Å²) >= 11 is 0. The fourth-order valence-corrected chi connectivity index (χ4v) is 3.89. The van der Waals surface area contributed by atoms with E-state index in [0.29, 0.717) is 31.3 Å². The zero-order valence-electron chi connectivity index (χ0n) is 16.5. The van der Waals surface area contributed by atoms with Crippen LogP contribution in [0.25, 0.3) is 10.9 Å². The van der Waals surface area contributed by atoms with Crippen molar-refractivity contribution in [2.75, 3.05) is 20.1 Å².